The molecule has 5 rings (SSSR count). The van der Waals surface area contributed by atoms with Crippen molar-refractivity contribution in [1.29, 1.82) is 0 Å². The van der Waals surface area contributed by atoms with Crippen molar-refractivity contribution < 1.29 is 9.47 Å². The molecule has 0 fully saturated rings. The van der Waals surface area contributed by atoms with Crippen molar-refractivity contribution >= 4 is 34.1 Å². The van der Waals surface area contributed by atoms with Crippen molar-refractivity contribution in [2.75, 3.05) is 24.0 Å². The Bertz CT molecular complexity index is 1120. The van der Waals surface area contributed by atoms with Crippen LogP contribution in [0.1, 0.15) is 11.9 Å². The Morgan fingerprint density at radius 1 is 0.484 bits per heavy atom. The lowest BCUT2D eigenvalue weighted by Crippen LogP contribution is -2.23. The molecule has 1 aliphatic rings. The first-order valence-corrected chi connectivity index (χ1v) is 10.3. The summed E-state index contributed by atoms with van der Waals surface area (Å²) in [5.74, 6) is 0. The third kappa shape index (κ3) is 3.36. The second-order valence-electron chi connectivity index (χ2n) is 7.38. The number of hydrogen-bond donors (Lipinski definition) is 0. The Hall–Kier alpha value is -3.60. The number of hydrogen-bond acceptors (Lipinski definition) is 4. The average molecular weight is 409 g/mol. The van der Waals surface area contributed by atoms with E-state index in [1.165, 1.54) is 0 Å². The van der Waals surface area contributed by atoms with Crippen LogP contribution >= 0.6 is 0 Å². The van der Waals surface area contributed by atoms with Gasteiger partial charge in [0.15, 0.2) is 6.29 Å². The van der Waals surface area contributed by atoms with Crippen LogP contribution in [0.4, 0.5) is 34.1 Å². The Balaban J connectivity index is 1.67. The number of para-hydroxylation sites is 5. The van der Waals surface area contributed by atoms with E-state index in [9.17, 15) is 0 Å². The third-order valence-electron chi connectivity index (χ3n) is 5.59. The predicted octanol–water partition coefficient (Wildman–Crippen LogP) is 7.23. The number of ether oxygens (including phenoxy) is 2. The molecule has 4 nitrogen and oxygen atoms in total. The fourth-order valence-corrected chi connectivity index (χ4v) is 4.23. The highest BCUT2D eigenvalue weighted by atomic mass is 16.7. The van der Waals surface area contributed by atoms with Crippen molar-refractivity contribution in [2.45, 2.75) is 6.29 Å². The van der Waals surface area contributed by atoms with Gasteiger partial charge in [0.1, 0.15) is 0 Å². The van der Waals surface area contributed by atoms with E-state index in [2.05, 4.69) is 107 Å². The summed E-state index contributed by atoms with van der Waals surface area (Å²) in [6, 6.07) is 35.9. The molecule has 31 heavy (non-hydrogen) atoms. The first kappa shape index (κ1) is 19.4. The quantitative estimate of drug-likeness (QED) is 0.286. The van der Waals surface area contributed by atoms with Gasteiger partial charge in [0.05, 0.1) is 22.7 Å². The highest BCUT2D eigenvalue weighted by Crippen LogP contribution is 2.53. The maximum absolute atomic E-state index is 5.40. The molecule has 1 aliphatic heterocycles. The Morgan fingerprint density at radius 2 is 0.871 bits per heavy atom. The molecular weight excluding hydrogens is 384 g/mol. The van der Waals surface area contributed by atoms with Gasteiger partial charge in [0.2, 0.25) is 0 Å². The van der Waals surface area contributed by atoms with Gasteiger partial charge < -0.3 is 19.3 Å². The zero-order chi connectivity index (χ0) is 21.2. The van der Waals surface area contributed by atoms with Crippen LogP contribution in [-0.2, 0) is 9.47 Å². The molecule has 154 valence electrons. The van der Waals surface area contributed by atoms with Crippen molar-refractivity contribution in [1.82, 2.24) is 0 Å². The van der Waals surface area contributed by atoms with Crippen LogP contribution in [0.5, 0.6) is 0 Å². The minimum absolute atomic E-state index is 0.372. The van der Waals surface area contributed by atoms with Gasteiger partial charge >= 0.3 is 0 Å². The van der Waals surface area contributed by atoms with Crippen LogP contribution in [0.2, 0.25) is 0 Å². The second kappa shape index (κ2) is 8.26. The van der Waals surface area contributed by atoms with Gasteiger partial charge in [-0.05, 0) is 48.5 Å². The maximum atomic E-state index is 5.40. The smallest absolute Gasteiger partial charge is 0.183 e. The number of anilines is 6. The first-order chi connectivity index (χ1) is 15.3. The summed E-state index contributed by atoms with van der Waals surface area (Å²) in [5.41, 5.74) is 7.76. The molecule has 0 N–H and O–H groups in total. The third-order valence-corrected chi connectivity index (χ3v) is 5.59. The number of benzene rings is 4. The molecule has 0 bridgehead atoms. The summed E-state index contributed by atoms with van der Waals surface area (Å²) in [5, 5.41) is 0. The van der Waals surface area contributed by atoms with Crippen LogP contribution in [0, 0.1) is 0 Å². The fourth-order valence-electron chi connectivity index (χ4n) is 4.23. The number of fused-ring (bicyclic) bond motifs is 2. The average Bonchev–Trinajstić information content (AvgIpc) is 2.84. The van der Waals surface area contributed by atoms with Crippen LogP contribution in [0.3, 0.4) is 0 Å². The van der Waals surface area contributed by atoms with E-state index in [4.69, 9.17) is 9.47 Å². The standard InChI is InChI=1S/C27H24N2O2/c1-30-27(31-2)20-16-18-22(19-17-20)29-25-14-8-6-12-23(25)28(21-10-4-3-5-11-21)24-13-7-9-15-26(24)29/h3-19,27H,1-2H3. The zero-order valence-electron chi connectivity index (χ0n) is 17.6. The topological polar surface area (TPSA) is 24.9 Å². The maximum Gasteiger partial charge on any atom is 0.183 e. The van der Waals surface area contributed by atoms with E-state index in [0.717, 1.165) is 39.7 Å². The van der Waals surface area contributed by atoms with Crippen LogP contribution in [0.25, 0.3) is 0 Å². The number of methoxy groups -OCH3 is 2. The first-order valence-electron chi connectivity index (χ1n) is 10.3. The van der Waals surface area contributed by atoms with Crippen molar-refractivity contribution in [3.63, 3.8) is 0 Å². The lowest BCUT2D eigenvalue weighted by atomic mass is 10.0. The molecule has 0 radical (unpaired) electrons. The summed E-state index contributed by atoms with van der Waals surface area (Å²) in [6.45, 7) is 0. The lowest BCUT2D eigenvalue weighted by Gasteiger charge is -2.40. The highest BCUT2D eigenvalue weighted by molar-refractivity contribution is 6.01. The summed E-state index contributed by atoms with van der Waals surface area (Å²) in [4.78, 5) is 4.63. The van der Waals surface area contributed by atoms with E-state index in [0.29, 0.717) is 0 Å². The summed E-state index contributed by atoms with van der Waals surface area (Å²) in [6.07, 6.45) is -0.372. The van der Waals surface area contributed by atoms with Gasteiger partial charge in [0, 0.05) is 31.2 Å². The molecule has 4 aromatic carbocycles. The van der Waals surface area contributed by atoms with Crippen molar-refractivity contribution in [2.24, 2.45) is 0 Å². The molecule has 0 saturated carbocycles. The molecule has 0 aliphatic carbocycles. The van der Waals surface area contributed by atoms with Crippen LogP contribution < -0.4 is 9.80 Å². The van der Waals surface area contributed by atoms with Crippen molar-refractivity contribution in [3.8, 4) is 0 Å². The van der Waals surface area contributed by atoms with E-state index in [1.54, 1.807) is 14.2 Å². The SMILES string of the molecule is COC(OC)c1ccc(N2c3ccccc3N(c3ccccc3)c3ccccc32)cc1. The van der Waals surface area contributed by atoms with Gasteiger partial charge in [-0.2, -0.15) is 0 Å². The van der Waals surface area contributed by atoms with Crippen LogP contribution in [-0.4, -0.2) is 14.2 Å². The molecule has 1 heterocycles. The summed E-state index contributed by atoms with van der Waals surface area (Å²) < 4.78 is 10.8. The van der Waals surface area contributed by atoms with E-state index < -0.39 is 0 Å². The molecule has 4 heteroatoms. The van der Waals surface area contributed by atoms with Gasteiger partial charge in [-0.3, -0.25) is 0 Å². The molecule has 0 spiro atoms. The van der Waals surface area contributed by atoms with E-state index >= 15 is 0 Å². The largest absolute Gasteiger partial charge is 0.352 e. The van der Waals surface area contributed by atoms with E-state index in [-0.39, 0.29) is 6.29 Å². The molecular formula is C27H24N2O2. The molecule has 0 saturated heterocycles. The summed E-state index contributed by atoms with van der Waals surface area (Å²) >= 11 is 0. The van der Waals surface area contributed by atoms with Gasteiger partial charge in [0.25, 0.3) is 0 Å². The Morgan fingerprint density at radius 3 is 1.29 bits per heavy atom. The molecule has 0 atom stereocenters. The Kier molecular flexibility index (Phi) is 5.16. The number of nitrogens with zero attached hydrogens (tertiary/aromatic N) is 2. The molecule has 0 aromatic heterocycles. The van der Waals surface area contributed by atoms with E-state index in [1.807, 2.05) is 6.07 Å². The molecule has 0 amide bonds. The highest BCUT2D eigenvalue weighted by Gasteiger charge is 2.29. The normalized spacial score (nSPS) is 12.6. The second-order valence-corrected chi connectivity index (χ2v) is 7.38. The Labute approximate surface area is 182 Å². The van der Waals surface area contributed by atoms with Gasteiger partial charge in [-0.15, -0.1) is 0 Å². The zero-order valence-corrected chi connectivity index (χ0v) is 17.6. The molecule has 0 unspecified atom stereocenters. The van der Waals surface area contributed by atoms with Gasteiger partial charge in [-0.1, -0.05) is 54.6 Å². The predicted molar refractivity (Wildman–Crippen MR) is 126 cm³/mol. The molecule has 4 aromatic rings. The van der Waals surface area contributed by atoms with Crippen molar-refractivity contribution in [3.05, 3.63) is 109 Å². The fraction of sp³-hybridized carbons (Fsp3) is 0.111. The minimum Gasteiger partial charge on any atom is -0.352 e. The monoisotopic (exact) mass is 408 g/mol. The van der Waals surface area contributed by atoms with Gasteiger partial charge in [-0.25, -0.2) is 0 Å². The number of rotatable bonds is 5. The summed E-state index contributed by atoms with van der Waals surface area (Å²) in [7, 11) is 3.30. The van der Waals surface area contributed by atoms with Crippen LogP contribution in [0.15, 0.2) is 103 Å². The minimum atomic E-state index is -0.372. The lowest BCUT2D eigenvalue weighted by molar-refractivity contribution is -0.106.